The lowest BCUT2D eigenvalue weighted by Gasteiger charge is -2.23. The first-order valence-electron chi connectivity index (χ1n) is 9.07. The zero-order chi connectivity index (χ0) is 19.2. The minimum atomic E-state index is -0.430. The number of carbonyl (C=O) groups excluding carboxylic acids is 2. The lowest BCUT2D eigenvalue weighted by molar-refractivity contribution is -0.921. The van der Waals surface area contributed by atoms with Crippen molar-refractivity contribution in [2.45, 2.75) is 13.5 Å². The van der Waals surface area contributed by atoms with Crippen LogP contribution in [-0.4, -0.2) is 45.3 Å². The fourth-order valence-electron chi connectivity index (χ4n) is 3.10. The molecule has 1 amide bonds. The molecular formula is C21H25N2O4+. The SMILES string of the molecule is COC(=O)c1ccc(C)c(NC(=O)c2ccc(C[NH+]3CCOCC3)cc2)c1. The molecule has 6 heteroatoms. The number of methoxy groups -OCH3 is 1. The van der Waals surface area contributed by atoms with Gasteiger partial charge in [0.15, 0.2) is 0 Å². The van der Waals surface area contributed by atoms with Crippen molar-refractivity contribution in [1.29, 1.82) is 0 Å². The molecule has 6 nitrogen and oxygen atoms in total. The number of nitrogens with one attached hydrogen (secondary N) is 2. The normalized spacial score (nSPS) is 14.6. The molecule has 2 N–H and O–H groups in total. The Morgan fingerprint density at radius 1 is 1.07 bits per heavy atom. The van der Waals surface area contributed by atoms with E-state index in [2.05, 4.69) is 5.32 Å². The molecule has 0 atom stereocenters. The number of aryl methyl sites for hydroxylation is 1. The van der Waals surface area contributed by atoms with Crippen LogP contribution >= 0.6 is 0 Å². The van der Waals surface area contributed by atoms with Crippen molar-refractivity contribution in [3.8, 4) is 0 Å². The van der Waals surface area contributed by atoms with Gasteiger partial charge in [0.1, 0.15) is 19.6 Å². The van der Waals surface area contributed by atoms with Gasteiger partial charge < -0.3 is 19.7 Å². The summed E-state index contributed by atoms with van der Waals surface area (Å²) < 4.78 is 10.1. The monoisotopic (exact) mass is 369 g/mol. The van der Waals surface area contributed by atoms with Crippen LogP contribution in [0.1, 0.15) is 31.8 Å². The predicted octanol–water partition coefficient (Wildman–Crippen LogP) is 1.45. The number of anilines is 1. The quantitative estimate of drug-likeness (QED) is 0.783. The first-order valence-corrected chi connectivity index (χ1v) is 9.07. The molecular weight excluding hydrogens is 344 g/mol. The number of hydrogen-bond donors (Lipinski definition) is 2. The average Bonchev–Trinajstić information content (AvgIpc) is 2.70. The van der Waals surface area contributed by atoms with E-state index in [4.69, 9.17) is 9.47 Å². The van der Waals surface area contributed by atoms with Crippen LogP contribution in [0.5, 0.6) is 0 Å². The number of hydrogen-bond acceptors (Lipinski definition) is 4. The number of quaternary nitrogens is 1. The lowest BCUT2D eigenvalue weighted by atomic mass is 10.1. The smallest absolute Gasteiger partial charge is 0.337 e. The molecule has 0 radical (unpaired) electrons. The molecule has 3 rings (SSSR count). The number of esters is 1. The van der Waals surface area contributed by atoms with E-state index in [1.165, 1.54) is 17.6 Å². The summed E-state index contributed by atoms with van der Waals surface area (Å²) in [6.45, 7) is 6.45. The minimum Gasteiger partial charge on any atom is -0.465 e. The van der Waals surface area contributed by atoms with Gasteiger partial charge in [0.2, 0.25) is 0 Å². The van der Waals surface area contributed by atoms with Gasteiger partial charge in [-0.15, -0.1) is 0 Å². The standard InChI is InChI=1S/C21H24N2O4/c1-15-3-6-18(21(25)26-2)13-19(15)22-20(24)17-7-4-16(5-8-17)14-23-9-11-27-12-10-23/h3-8,13H,9-12,14H2,1-2H3,(H,22,24)/p+1. The number of carbonyl (C=O) groups is 2. The molecule has 0 aliphatic carbocycles. The topological polar surface area (TPSA) is 69.1 Å². The Balaban J connectivity index is 1.66. The highest BCUT2D eigenvalue weighted by atomic mass is 16.5. The van der Waals surface area contributed by atoms with Gasteiger partial charge in [0.25, 0.3) is 5.91 Å². The molecule has 0 saturated carbocycles. The summed E-state index contributed by atoms with van der Waals surface area (Å²) in [4.78, 5) is 25.8. The fraction of sp³-hybridized carbons (Fsp3) is 0.333. The molecule has 0 bridgehead atoms. The Kier molecular flexibility index (Phi) is 6.21. The van der Waals surface area contributed by atoms with Crippen LogP contribution in [0.25, 0.3) is 0 Å². The lowest BCUT2D eigenvalue weighted by Crippen LogP contribution is -3.12. The van der Waals surface area contributed by atoms with E-state index >= 15 is 0 Å². The van der Waals surface area contributed by atoms with Crippen LogP contribution in [-0.2, 0) is 16.0 Å². The Morgan fingerprint density at radius 3 is 2.41 bits per heavy atom. The molecule has 0 aromatic heterocycles. The van der Waals surface area contributed by atoms with E-state index in [1.807, 2.05) is 31.2 Å². The van der Waals surface area contributed by atoms with Crippen molar-refractivity contribution in [3.05, 3.63) is 64.7 Å². The van der Waals surface area contributed by atoms with E-state index in [0.29, 0.717) is 16.8 Å². The van der Waals surface area contributed by atoms with Crippen LogP contribution in [0, 0.1) is 6.92 Å². The van der Waals surface area contributed by atoms with Crippen molar-refractivity contribution in [2.24, 2.45) is 0 Å². The number of benzene rings is 2. The summed E-state index contributed by atoms with van der Waals surface area (Å²) in [5.41, 5.74) is 3.67. The van der Waals surface area contributed by atoms with Crippen LogP contribution < -0.4 is 10.2 Å². The molecule has 1 aliphatic rings. The van der Waals surface area contributed by atoms with Crippen molar-refractivity contribution in [1.82, 2.24) is 0 Å². The fourth-order valence-corrected chi connectivity index (χ4v) is 3.10. The third-order valence-corrected chi connectivity index (χ3v) is 4.78. The van der Waals surface area contributed by atoms with E-state index in [9.17, 15) is 9.59 Å². The van der Waals surface area contributed by atoms with Gasteiger partial charge in [0, 0.05) is 16.8 Å². The molecule has 142 valence electrons. The van der Waals surface area contributed by atoms with Gasteiger partial charge in [-0.3, -0.25) is 4.79 Å². The zero-order valence-corrected chi connectivity index (χ0v) is 15.7. The molecule has 0 spiro atoms. The molecule has 1 aliphatic heterocycles. The third-order valence-electron chi connectivity index (χ3n) is 4.78. The van der Waals surface area contributed by atoms with Crippen molar-refractivity contribution < 1.29 is 24.0 Å². The second kappa shape index (κ2) is 8.79. The van der Waals surface area contributed by atoms with Gasteiger partial charge >= 0.3 is 5.97 Å². The van der Waals surface area contributed by atoms with Crippen LogP contribution in [0.2, 0.25) is 0 Å². The molecule has 0 unspecified atom stereocenters. The van der Waals surface area contributed by atoms with Crippen molar-refractivity contribution in [3.63, 3.8) is 0 Å². The number of ether oxygens (including phenoxy) is 2. The Bertz CT molecular complexity index is 811. The van der Waals surface area contributed by atoms with E-state index in [1.54, 1.807) is 18.2 Å². The summed E-state index contributed by atoms with van der Waals surface area (Å²) in [6, 6.07) is 12.8. The van der Waals surface area contributed by atoms with Gasteiger partial charge in [-0.25, -0.2) is 4.79 Å². The van der Waals surface area contributed by atoms with Crippen LogP contribution in [0.15, 0.2) is 42.5 Å². The number of morpholine rings is 1. The minimum absolute atomic E-state index is 0.203. The first-order chi connectivity index (χ1) is 13.1. The predicted molar refractivity (Wildman–Crippen MR) is 102 cm³/mol. The Labute approximate surface area is 159 Å². The summed E-state index contributed by atoms with van der Waals surface area (Å²) in [5.74, 6) is -0.633. The van der Waals surface area contributed by atoms with E-state index in [0.717, 1.165) is 38.4 Å². The molecule has 1 heterocycles. The highest BCUT2D eigenvalue weighted by Gasteiger charge is 2.15. The van der Waals surface area contributed by atoms with Gasteiger partial charge in [-0.1, -0.05) is 18.2 Å². The van der Waals surface area contributed by atoms with Crippen LogP contribution in [0.3, 0.4) is 0 Å². The average molecular weight is 369 g/mol. The van der Waals surface area contributed by atoms with Crippen molar-refractivity contribution >= 4 is 17.6 Å². The molecule has 2 aromatic rings. The summed E-state index contributed by atoms with van der Waals surface area (Å²) in [5, 5.41) is 2.88. The zero-order valence-electron chi connectivity index (χ0n) is 15.7. The molecule has 1 fully saturated rings. The molecule has 2 aromatic carbocycles. The Hall–Kier alpha value is -2.70. The maximum Gasteiger partial charge on any atom is 0.337 e. The first kappa shape index (κ1) is 19.1. The third kappa shape index (κ3) is 4.93. The highest BCUT2D eigenvalue weighted by molar-refractivity contribution is 6.05. The highest BCUT2D eigenvalue weighted by Crippen LogP contribution is 2.19. The van der Waals surface area contributed by atoms with Crippen LogP contribution in [0.4, 0.5) is 5.69 Å². The molecule has 27 heavy (non-hydrogen) atoms. The van der Waals surface area contributed by atoms with Gasteiger partial charge in [-0.05, 0) is 36.8 Å². The Morgan fingerprint density at radius 2 is 1.74 bits per heavy atom. The maximum absolute atomic E-state index is 12.6. The number of rotatable bonds is 5. The second-order valence-corrected chi connectivity index (χ2v) is 6.71. The van der Waals surface area contributed by atoms with E-state index < -0.39 is 5.97 Å². The summed E-state index contributed by atoms with van der Waals surface area (Å²) in [6.07, 6.45) is 0. The van der Waals surface area contributed by atoms with Gasteiger partial charge in [0.05, 0.1) is 25.9 Å². The van der Waals surface area contributed by atoms with Gasteiger partial charge in [-0.2, -0.15) is 0 Å². The van der Waals surface area contributed by atoms with Crippen molar-refractivity contribution in [2.75, 3.05) is 38.7 Å². The molecule has 1 saturated heterocycles. The maximum atomic E-state index is 12.6. The largest absolute Gasteiger partial charge is 0.465 e. The summed E-state index contributed by atoms with van der Waals surface area (Å²) in [7, 11) is 1.33. The van der Waals surface area contributed by atoms with E-state index in [-0.39, 0.29) is 5.91 Å². The summed E-state index contributed by atoms with van der Waals surface area (Å²) >= 11 is 0. The number of amides is 1. The second-order valence-electron chi connectivity index (χ2n) is 6.71.